The van der Waals surface area contributed by atoms with E-state index in [0.29, 0.717) is 52.2 Å². The van der Waals surface area contributed by atoms with Crippen molar-refractivity contribution in [1.29, 1.82) is 0 Å². The smallest absolute Gasteiger partial charge is 0.271 e. The van der Waals surface area contributed by atoms with Crippen LogP contribution in [-0.4, -0.2) is 18.7 Å². The fourth-order valence-corrected chi connectivity index (χ4v) is 3.72. The van der Waals surface area contributed by atoms with Crippen LogP contribution in [0.3, 0.4) is 0 Å². The molecule has 0 saturated heterocycles. The summed E-state index contributed by atoms with van der Waals surface area (Å²) >= 11 is 6.14. The lowest BCUT2D eigenvalue weighted by atomic mass is 10.2. The molecule has 0 heterocycles. The van der Waals surface area contributed by atoms with Gasteiger partial charge >= 0.3 is 0 Å². The first kappa shape index (κ1) is 26.7. The fraction of sp³-hybridized carbons (Fsp3) is 0.133. The standard InChI is InChI=1S/C30H26ClFN2O4/c1-2-36-29-17-23(11-13-28(29)38-19-21-7-4-3-5-8-21)30(35)34-33-18-24-16-25(31)12-14-27(24)37-20-22-9-6-10-26(32)15-22/h3-18H,2,19-20H2,1H3,(H,34,35)/b33-18+. The molecule has 4 aromatic carbocycles. The Morgan fingerprint density at radius 2 is 1.58 bits per heavy atom. The Labute approximate surface area is 225 Å². The van der Waals surface area contributed by atoms with Crippen molar-refractivity contribution in [2.45, 2.75) is 20.1 Å². The number of nitrogens with one attached hydrogen (secondary N) is 1. The van der Waals surface area contributed by atoms with Gasteiger partial charge in [-0.3, -0.25) is 4.79 Å². The summed E-state index contributed by atoms with van der Waals surface area (Å²) in [5, 5.41) is 4.54. The first-order chi connectivity index (χ1) is 18.5. The lowest BCUT2D eigenvalue weighted by Crippen LogP contribution is -2.18. The molecule has 4 rings (SSSR count). The second kappa shape index (κ2) is 13.3. The summed E-state index contributed by atoms with van der Waals surface area (Å²) in [5.41, 5.74) is 5.11. The summed E-state index contributed by atoms with van der Waals surface area (Å²) in [6, 6.07) is 25.9. The van der Waals surface area contributed by atoms with Crippen molar-refractivity contribution in [2.75, 3.05) is 6.61 Å². The van der Waals surface area contributed by atoms with Crippen LogP contribution in [0.15, 0.2) is 96.1 Å². The van der Waals surface area contributed by atoms with Crippen LogP contribution in [0.25, 0.3) is 0 Å². The van der Waals surface area contributed by atoms with Crippen LogP contribution < -0.4 is 19.6 Å². The Hall–Kier alpha value is -4.36. The van der Waals surface area contributed by atoms with Gasteiger partial charge in [0.15, 0.2) is 11.5 Å². The maximum atomic E-state index is 13.5. The topological polar surface area (TPSA) is 69.2 Å². The lowest BCUT2D eigenvalue weighted by molar-refractivity contribution is 0.0954. The molecule has 194 valence electrons. The molecule has 0 aliphatic carbocycles. The van der Waals surface area contributed by atoms with E-state index in [-0.39, 0.29) is 12.4 Å². The molecule has 0 aliphatic rings. The molecular formula is C30H26ClFN2O4. The Bertz CT molecular complexity index is 1410. The molecular weight excluding hydrogens is 507 g/mol. The van der Waals surface area contributed by atoms with E-state index in [0.717, 1.165) is 5.56 Å². The lowest BCUT2D eigenvalue weighted by Gasteiger charge is -2.13. The first-order valence-corrected chi connectivity index (χ1v) is 12.3. The summed E-state index contributed by atoms with van der Waals surface area (Å²) in [4.78, 5) is 12.8. The van der Waals surface area contributed by atoms with Gasteiger partial charge in [-0.05, 0) is 66.6 Å². The average molecular weight is 533 g/mol. The minimum Gasteiger partial charge on any atom is -0.490 e. The monoisotopic (exact) mass is 532 g/mol. The quantitative estimate of drug-likeness (QED) is 0.170. The third-order valence-corrected chi connectivity index (χ3v) is 5.60. The molecule has 0 fully saturated rings. The maximum absolute atomic E-state index is 13.5. The minimum absolute atomic E-state index is 0.158. The number of hydrogen-bond acceptors (Lipinski definition) is 5. The molecule has 6 nitrogen and oxygen atoms in total. The molecule has 0 atom stereocenters. The molecule has 38 heavy (non-hydrogen) atoms. The number of carbonyl (C=O) groups is 1. The van der Waals surface area contributed by atoms with Crippen molar-refractivity contribution in [2.24, 2.45) is 5.10 Å². The SMILES string of the molecule is CCOc1cc(C(=O)N/N=C/c2cc(Cl)ccc2OCc2cccc(F)c2)ccc1OCc1ccccc1. The highest BCUT2D eigenvalue weighted by molar-refractivity contribution is 6.30. The number of halogens is 2. The number of carbonyl (C=O) groups excluding carboxylic acids is 1. The molecule has 0 aliphatic heterocycles. The van der Waals surface area contributed by atoms with E-state index in [4.69, 9.17) is 25.8 Å². The van der Waals surface area contributed by atoms with Crippen LogP contribution in [-0.2, 0) is 13.2 Å². The van der Waals surface area contributed by atoms with Crippen LogP contribution in [0.2, 0.25) is 5.02 Å². The van der Waals surface area contributed by atoms with Gasteiger partial charge < -0.3 is 14.2 Å². The molecule has 8 heteroatoms. The van der Waals surface area contributed by atoms with Gasteiger partial charge in [0.2, 0.25) is 0 Å². The van der Waals surface area contributed by atoms with E-state index in [2.05, 4.69) is 10.5 Å². The van der Waals surface area contributed by atoms with E-state index >= 15 is 0 Å². The maximum Gasteiger partial charge on any atom is 0.271 e. The van der Waals surface area contributed by atoms with Gasteiger partial charge in [0.05, 0.1) is 12.8 Å². The normalized spacial score (nSPS) is 10.8. The second-order valence-electron chi connectivity index (χ2n) is 8.17. The molecule has 4 aromatic rings. The van der Waals surface area contributed by atoms with Crippen molar-refractivity contribution in [1.82, 2.24) is 5.43 Å². The van der Waals surface area contributed by atoms with E-state index in [1.54, 1.807) is 48.5 Å². The molecule has 0 bridgehead atoms. The second-order valence-corrected chi connectivity index (χ2v) is 8.61. The summed E-state index contributed by atoms with van der Waals surface area (Å²) in [7, 11) is 0. The van der Waals surface area contributed by atoms with E-state index in [9.17, 15) is 9.18 Å². The van der Waals surface area contributed by atoms with Crippen molar-refractivity contribution < 1.29 is 23.4 Å². The number of hydrogen-bond donors (Lipinski definition) is 1. The molecule has 1 amide bonds. The number of amides is 1. The third-order valence-electron chi connectivity index (χ3n) is 5.37. The zero-order valence-corrected chi connectivity index (χ0v) is 21.5. The number of benzene rings is 4. The molecule has 0 aromatic heterocycles. The van der Waals surface area contributed by atoms with Crippen LogP contribution in [0.1, 0.15) is 34.0 Å². The fourth-order valence-electron chi connectivity index (χ4n) is 3.54. The van der Waals surface area contributed by atoms with E-state index in [1.807, 2.05) is 37.3 Å². The Kier molecular flexibility index (Phi) is 9.32. The van der Waals surface area contributed by atoms with Crippen molar-refractivity contribution in [3.8, 4) is 17.2 Å². The zero-order valence-electron chi connectivity index (χ0n) is 20.7. The Morgan fingerprint density at radius 3 is 2.37 bits per heavy atom. The number of ether oxygens (including phenoxy) is 3. The average Bonchev–Trinajstić information content (AvgIpc) is 2.92. The highest BCUT2D eigenvalue weighted by Crippen LogP contribution is 2.29. The largest absolute Gasteiger partial charge is 0.490 e. The highest BCUT2D eigenvalue weighted by Gasteiger charge is 2.12. The molecule has 0 unspecified atom stereocenters. The van der Waals surface area contributed by atoms with Crippen LogP contribution >= 0.6 is 11.6 Å². The van der Waals surface area contributed by atoms with Gasteiger partial charge in [-0.25, -0.2) is 9.82 Å². The highest BCUT2D eigenvalue weighted by atomic mass is 35.5. The summed E-state index contributed by atoms with van der Waals surface area (Å²) in [6.45, 7) is 2.81. The van der Waals surface area contributed by atoms with Gasteiger partial charge in [0.1, 0.15) is 24.8 Å². The van der Waals surface area contributed by atoms with E-state index in [1.165, 1.54) is 18.3 Å². The van der Waals surface area contributed by atoms with E-state index < -0.39 is 5.91 Å². The van der Waals surface area contributed by atoms with Crippen molar-refractivity contribution in [3.63, 3.8) is 0 Å². The number of rotatable bonds is 11. The number of nitrogens with zero attached hydrogens (tertiary/aromatic N) is 1. The van der Waals surface area contributed by atoms with Gasteiger partial charge in [0.25, 0.3) is 5.91 Å². The van der Waals surface area contributed by atoms with Crippen LogP contribution in [0.5, 0.6) is 17.2 Å². The van der Waals surface area contributed by atoms with Crippen molar-refractivity contribution in [3.05, 3.63) is 124 Å². The number of hydrazone groups is 1. The van der Waals surface area contributed by atoms with Gasteiger partial charge in [-0.15, -0.1) is 0 Å². The Balaban J connectivity index is 1.41. The summed E-state index contributed by atoms with van der Waals surface area (Å²) < 4.78 is 30.9. The van der Waals surface area contributed by atoms with Gasteiger partial charge in [0, 0.05) is 16.1 Å². The third kappa shape index (κ3) is 7.57. The minimum atomic E-state index is -0.430. The van der Waals surface area contributed by atoms with Crippen molar-refractivity contribution >= 4 is 23.7 Å². The predicted octanol–water partition coefficient (Wildman–Crippen LogP) is 6.80. The molecule has 0 spiro atoms. The first-order valence-electron chi connectivity index (χ1n) is 12.0. The molecule has 1 N–H and O–H groups in total. The Morgan fingerprint density at radius 1 is 0.842 bits per heavy atom. The summed E-state index contributed by atoms with van der Waals surface area (Å²) in [6.07, 6.45) is 1.44. The predicted molar refractivity (Wildman–Crippen MR) is 146 cm³/mol. The molecule has 0 radical (unpaired) electrons. The summed E-state index contributed by atoms with van der Waals surface area (Å²) in [5.74, 6) is 0.712. The van der Waals surface area contributed by atoms with Gasteiger partial charge in [-0.1, -0.05) is 54.1 Å². The molecule has 0 saturated carbocycles. The van der Waals surface area contributed by atoms with Gasteiger partial charge in [-0.2, -0.15) is 5.10 Å². The van der Waals surface area contributed by atoms with Crippen LogP contribution in [0, 0.1) is 5.82 Å². The van der Waals surface area contributed by atoms with Crippen LogP contribution in [0.4, 0.5) is 4.39 Å². The zero-order chi connectivity index (χ0) is 26.7.